The fraction of sp³-hybridized carbons (Fsp3) is 0.471. The molecule has 1 aliphatic heterocycles. The highest BCUT2D eigenvalue weighted by molar-refractivity contribution is 7.91. The van der Waals surface area contributed by atoms with Crippen LogP contribution in [-0.4, -0.2) is 41.1 Å². The number of nitrogens with zero attached hydrogens (tertiary/aromatic N) is 3. The number of benzene rings is 1. The molecule has 1 aliphatic rings. The molecule has 2 atom stereocenters. The summed E-state index contributed by atoms with van der Waals surface area (Å²) in [6, 6.07) is 4.53. The molecule has 9 heteroatoms. The lowest BCUT2D eigenvalue weighted by molar-refractivity contribution is 0.298. The summed E-state index contributed by atoms with van der Waals surface area (Å²) in [5.41, 5.74) is -0.746. The van der Waals surface area contributed by atoms with Crippen LogP contribution < -0.4 is 0 Å². The van der Waals surface area contributed by atoms with E-state index in [-0.39, 0.29) is 48.8 Å². The van der Waals surface area contributed by atoms with Gasteiger partial charge in [-0.05, 0) is 54.5 Å². The summed E-state index contributed by atoms with van der Waals surface area (Å²) in [6.07, 6.45) is 0.597. The summed E-state index contributed by atoms with van der Waals surface area (Å²) >= 11 is 0. The van der Waals surface area contributed by atoms with Gasteiger partial charge in [0.2, 0.25) is 0 Å². The second kappa shape index (κ2) is 7.53. The number of halogens is 1. The third-order valence-electron chi connectivity index (χ3n) is 4.35. The molecule has 26 heavy (non-hydrogen) atoms. The van der Waals surface area contributed by atoms with Crippen molar-refractivity contribution in [2.45, 2.75) is 32.6 Å². The molecule has 0 bridgehead atoms. The van der Waals surface area contributed by atoms with Gasteiger partial charge in [-0.3, -0.25) is 0 Å². The molecule has 0 saturated carbocycles. The first kappa shape index (κ1) is 15.9. The highest BCUT2D eigenvalue weighted by Gasteiger charge is 2.27. The SMILES string of the molecule is [2H]C1CC(Cc2nonc2C(Cc2ccc(F)c(C)c2)=NO)CC([2H])S1(=O)=O. The molecule has 1 saturated heterocycles. The highest BCUT2D eigenvalue weighted by atomic mass is 32.2. The first-order chi connectivity index (χ1) is 13.2. The molecule has 1 N–H and O–H groups in total. The van der Waals surface area contributed by atoms with Crippen LogP contribution in [0.5, 0.6) is 0 Å². The largest absolute Gasteiger partial charge is 0.411 e. The maximum absolute atomic E-state index is 13.4. The van der Waals surface area contributed by atoms with E-state index in [4.69, 9.17) is 7.37 Å². The van der Waals surface area contributed by atoms with Gasteiger partial charge in [0.25, 0.3) is 0 Å². The van der Waals surface area contributed by atoms with E-state index in [1.807, 2.05) is 0 Å². The maximum atomic E-state index is 13.4. The third-order valence-corrected chi connectivity index (χ3v) is 5.66. The molecule has 0 amide bonds. The van der Waals surface area contributed by atoms with Gasteiger partial charge in [0.15, 0.2) is 5.69 Å². The van der Waals surface area contributed by atoms with Crippen molar-refractivity contribution in [3.05, 3.63) is 46.5 Å². The summed E-state index contributed by atoms with van der Waals surface area (Å²) in [4.78, 5) is 0. The van der Waals surface area contributed by atoms with Gasteiger partial charge in [-0.15, -0.1) is 0 Å². The second-order valence-electron chi connectivity index (χ2n) is 6.33. The van der Waals surface area contributed by atoms with E-state index in [1.165, 1.54) is 6.07 Å². The Hall–Kier alpha value is -2.29. The number of aromatic nitrogens is 2. The van der Waals surface area contributed by atoms with Crippen LogP contribution in [0.25, 0.3) is 0 Å². The quantitative estimate of drug-likeness (QED) is 0.482. The molecule has 0 radical (unpaired) electrons. The number of sulfone groups is 1. The van der Waals surface area contributed by atoms with Crippen molar-refractivity contribution < 1.29 is 25.4 Å². The van der Waals surface area contributed by atoms with Crippen LogP contribution in [0.2, 0.25) is 0 Å². The first-order valence-electron chi connectivity index (χ1n) is 9.22. The van der Waals surface area contributed by atoms with E-state index in [0.29, 0.717) is 16.8 Å². The minimum absolute atomic E-state index is 0.0901. The Bertz CT molecular complexity index is 978. The molecule has 1 fully saturated rings. The summed E-state index contributed by atoms with van der Waals surface area (Å²) in [7, 11) is -3.75. The summed E-state index contributed by atoms with van der Waals surface area (Å²) in [5.74, 6) is -0.593. The van der Waals surface area contributed by atoms with Gasteiger partial charge < -0.3 is 5.21 Å². The monoisotopic (exact) mass is 383 g/mol. The third kappa shape index (κ3) is 4.27. The molecule has 1 aromatic carbocycles. The van der Waals surface area contributed by atoms with Crippen molar-refractivity contribution in [2.24, 2.45) is 11.1 Å². The molecule has 1 aromatic heterocycles. The van der Waals surface area contributed by atoms with Crippen LogP contribution in [0.1, 0.15) is 38.1 Å². The lowest BCUT2D eigenvalue weighted by atomic mass is 9.94. The Balaban J connectivity index is 1.78. The topological polar surface area (TPSA) is 106 Å². The minimum Gasteiger partial charge on any atom is -0.411 e. The van der Waals surface area contributed by atoms with Crippen LogP contribution in [0.15, 0.2) is 28.0 Å². The molecule has 7 nitrogen and oxygen atoms in total. The van der Waals surface area contributed by atoms with Gasteiger partial charge in [-0.1, -0.05) is 22.4 Å². The van der Waals surface area contributed by atoms with Crippen LogP contribution in [0.4, 0.5) is 4.39 Å². The van der Waals surface area contributed by atoms with E-state index in [9.17, 15) is 18.0 Å². The Kier molecular flexibility index (Phi) is 4.61. The number of rotatable bonds is 5. The van der Waals surface area contributed by atoms with Crippen molar-refractivity contribution in [1.82, 2.24) is 10.3 Å². The van der Waals surface area contributed by atoms with Crippen molar-refractivity contribution in [3.8, 4) is 0 Å². The van der Waals surface area contributed by atoms with Gasteiger partial charge in [0.05, 0.1) is 11.5 Å². The molecule has 140 valence electrons. The Labute approximate surface area is 153 Å². The van der Waals surface area contributed by atoms with E-state index >= 15 is 0 Å². The maximum Gasteiger partial charge on any atom is 0.156 e. The Morgan fingerprint density at radius 3 is 2.81 bits per heavy atom. The molecule has 0 aliphatic carbocycles. The van der Waals surface area contributed by atoms with Crippen molar-refractivity contribution in [1.29, 1.82) is 0 Å². The lowest BCUT2D eigenvalue weighted by Crippen LogP contribution is -2.25. The number of hydrogen-bond donors (Lipinski definition) is 1. The zero-order valence-corrected chi connectivity index (χ0v) is 14.9. The second-order valence-corrected chi connectivity index (χ2v) is 8.18. The fourth-order valence-electron chi connectivity index (χ4n) is 2.88. The average molecular weight is 383 g/mol. The zero-order chi connectivity index (χ0) is 20.5. The number of aryl methyl sites for hydroxylation is 1. The van der Waals surface area contributed by atoms with E-state index in [2.05, 4.69) is 15.5 Å². The minimum atomic E-state index is -3.75. The van der Waals surface area contributed by atoms with Crippen LogP contribution in [0, 0.1) is 18.7 Å². The predicted octanol–water partition coefficient (Wildman–Crippen LogP) is 2.31. The molecular formula is C17H20FN3O4S. The standard InChI is InChI=1S/C17H20FN3O4S/c1-11-8-13(2-3-14(11)18)10-15(19-22)17-16(20-25-21-17)9-12-4-6-26(23,24)7-5-12/h2-3,8,12,22H,4-7,9-10H2,1H3/i6D,7D. The van der Waals surface area contributed by atoms with E-state index in [1.54, 1.807) is 19.1 Å². The van der Waals surface area contributed by atoms with Crippen LogP contribution >= 0.6 is 0 Å². The van der Waals surface area contributed by atoms with Crippen molar-refractivity contribution in [2.75, 3.05) is 11.5 Å². The van der Waals surface area contributed by atoms with Crippen molar-refractivity contribution in [3.63, 3.8) is 0 Å². The first-order valence-corrected chi connectivity index (χ1v) is 9.68. The fourth-order valence-corrected chi connectivity index (χ4v) is 4.10. The van der Waals surface area contributed by atoms with Crippen LogP contribution in [0.3, 0.4) is 0 Å². The Morgan fingerprint density at radius 2 is 2.15 bits per heavy atom. The van der Waals surface area contributed by atoms with Gasteiger partial charge >= 0.3 is 0 Å². The van der Waals surface area contributed by atoms with E-state index in [0.717, 1.165) is 0 Å². The van der Waals surface area contributed by atoms with E-state index < -0.39 is 21.3 Å². The lowest BCUT2D eigenvalue weighted by Gasteiger charge is -2.20. The molecule has 2 heterocycles. The normalized spacial score (nSPS) is 27.0. The molecular weight excluding hydrogens is 361 g/mol. The van der Waals surface area contributed by atoms with Gasteiger partial charge in [-0.2, -0.15) is 0 Å². The number of hydrogen-bond acceptors (Lipinski definition) is 7. The Morgan fingerprint density at radius 1 is 1.42 bits per heavy atom. The smallest absolute Gasteiger partial charge is 0.156 e. The summed E-state index contributed by atoms with van der Waals surface area (Å²) in [5, 5.41) is 20.3. The highest BCUT2D eigenvalue weighted by Crippen LogP contribution is 2.24. The van der Waals surface area contributed by atoms with Crippen LogP contribution in [-0.2, 0) is 22.7 Å². The average Bonchev–Trinajstić information content (AvgIpc) is 3.09. The zero-order valence-electron chi connectivity index (χ0n) is 16.1. The summed E-state index contributed by atoms with van der Waals surface area (Å²) < 4.78 is 57.4. The molecule has 0 spiro atoms. The van der Waals surface area contributed by atoms with Crippen molar-refractivity contribution >= 4 is 15.5 Å². The predicted molar refractivity (Wildman–Crippen MR) is 92.5 cm³/mol. The number of oxime groups is 1. The molecule has 2 aromatic rings. The molecule has 3 rings (SSSR count). The van der Waals surface area contributed by atoms with Gasteiger partial charge in [0.1, 0.15) is 27.1 Å². The molecule has 2 unspecified atom stereocenters. The summed E-state index contributed by atoms with van der Waals surface area (Å²) in [6.45, 7) is 1.63. The van der Waals surface area contributed by atoms with Gasteiger partial charge in [-0.25, -0.2) is 17.4 Å². The van der Waals surface area contributed by atoms with Gasteiger partial charge in [0, 0.05) is 9.16 Å².